The van der Waals surface area contributed by atoms with E-state index < -0.39 is 0 Å². The topological polar surface area (TPSA) is 52.0 Å². The molecule has 4 N–H and O–H groups in total. The second kappa shape index (κ2) is 5.38. The summed E-state index contributed by atoms with van der Waals surface area (Å²) < 4.78 is 0. The number of allylic oxidation sites excluding steroid dienone is 3. The fourth-order valence-corrected chi connectivity index (χ4v) is 0.396. The summed E-state index contributed by atoms with van der Waals surface area (Å²) in [4.78, 5) is 0. The van der Waals surface area contributed by atoms with E-state index >= 15 is 0 Å². The highest BCUT2D eigenvalue weighted by molar-refractivity contribution is 5.09. The van der Waals surface area contributed by atoms with Crippen molar-refractivity contribution in [1.29, 1.82) is 0 Å². The summed E-state index contributed by atoms with van der Waals surface area (Å²) in [5.41, 5.74) is 11.3. The van der Waals surface area contributed by atoms with Gasteiger partial charge in [-0.2, -0.15) is 0 Å². The predicted molar refractivity (Wildman–Crippen MR) is 40.8 cm³/mol. The fourth-order valence-electron chi connectivity index (χ4n) is 0.396. The molecule has 0 saturated heterocycles. The minimum Gasteiger partial charge on any atom is -0.401 e. The molecule has 0 unspecified atom stereocenters. The summed E-state index contributed by atoms with van der Waals surface area (Å²) in [5, 5.41) is 0. The fraction of sp³-hybridized carbons (Fsp3) is 0.429. The third-order valence-corrected chi connectivity index (χ3v) is 0.918. The number of hydrogen-bond acceptors (Lipinski definition) is 2. The van der Waals surface area contributed by atoms with E-state index in [4.69, 9.17) is 11.5 Å². The van der Waals surface area contributed by atoms with Crippen LogP contribution in [0.3, 0.4) is 0 Å². The maximum absolute atomic E-state index is 5.40. The van der Waals surface area contributed by atoms with Crippen molar-refractivity contribution in [1.82, 2.24) is 0 Å². The lowest BCUT2D eigenvalue weighted by molar-refractivity contribution is 1.11. The summed E-state index contributed by atoms with van der Waals surface area (Å²) in [7, 11) is 0. The van der Waals surface area contributed by atoms with Gasteiger partial charge in [-0.15, -0.1) is 0 Å². The molecule has 0 aromatic carbocycles. The third kappa shape index (κ3) is 5.11. The summed E-state index contributed by atoms with van der Waals surface area (Å²) in [6.07, 6.45) is 6.81. The summed E-state index contributed by atoms with van der Waals surface area (Å²) >= 11 is 0. The highest BCUT2D eigenvalue weighted by Crippen LogP contribution is 1.83. The lowest BCUT2D eigenvalue weighted by Crippen LogP contribution is -2.10. The van der Waals surface area contributed by atoms with Gasteiger partial charge in [0, 0.05) is 12.2 Å². The Morgan fingerprint density at radius 3 is 2.67 bits per heavy atom. The standard InChI is InChI=1S/C7H14N2/c1-2-3-4-5-7(9)6-8/h3-5H,2,6,8-9H2,1H3/b4-3-,7-5+. The van der Waals surface area contributed by atoms with E-state index in [1.54, 1.807) is 0 Å². The number of nitrogens with two attached hydrogens (primary N) is 2. The van der Waals surface area contributed by atoms with Gasteiger partial charge in [0.1, 0.15) is 0 Å². The molecule has 0 spiro atoms. The van der Waals surface area contributed by atoms with Crippen LogP contribution in [0.25, 0.3) is 0 Å². The first-order chi connectivity index (χ1) is 4.31. The molecule has 9 heavy (non-hydrogen) atoms. The van der Waals surface area contributed by atoms with Gasteiger partial charge in [-0.3, -0.25) is 0 Å². The number of rotatable bonds is 3. The maximum atomic E-state index is 5.40. The van der Waals surface area contributed by atoms with Crippen molar-refractivity contribution in [3.63, 3.8) is 0 Å². The van der Waals surface area contributed by atoms with E-state index in [2.05, 4.69) is 6.92 Å². The second-order valence-electron chi connectivity index (χ2n) is 1.78. The molecule has 52 valence electrons. The Hall–Kier alpha value is -0.760. The van der Waals surface area contributed by atoms with Crippen LogP contribution in [-0.4, -0.2) is 6.54 Å². The second-order valence-corrected chi connectivity index (χ2v) is 1.78. The first-order valence-corrected chi connectivity index (χ1v) is 3.12. The molecule has 0 atom stereocenters. The molecule has 0 aliphatic rings. The van der Waals surface area contributed by atoms with Crippen molar-refractivity contribution in [2.24, 2.45) is 11.5 Å². The van der Waals surface area contributed by atoms with E-state index in [0.29, 0.717) is 6.54 Å². The van der Waals surface area contributed by atoms with Crippen LogP contribution in [0.1, 0.15) is 13.3 Å². The quantitative estimate of drug-likeness (QED) is 0.548. The molecular formula is C7H14N2. The zero-order valence-electron chi connectivity index (χ0n) is 5.80. The van der Waals surface area contributed by atoms with E-state index in [1.807, 2.05) is 18.2 Å². The number of hydrogen-bond donors (Lipinski definition) is 2. The van der Waals surface area contributed by atoms with Crippen molar-refractivity contribution in [3.8, 4) is 0 Å². The average molecular weight is 126 g/mol. The molecule has 0 radical (unpaired) electrons. The smallest absolute Gasteiger partial charge is 0.0326 e. The highest BCUT2D eigenvalue weighted by atomic mass is 14.7. The Kier molecular flexibility index (Phi) is 4.92. The molecule has 0 fully saturated rings. The van der Waals surface area contributed by atoms with Gasteiger partial charge in [0.2, 0.25) is 0 Å². The monoisotopic (exact) mass is 126 g/mol. The van der Waals surface area contributed by atoms with Crippen LogP contribution in [0.15, 0.2) is 23.9 Å². The SMILES string of the molecule is CC/C=C\C=C(\N)CN. The first kappa shape index (κ1) is 8.24. The minimum atomic E-state index is 0.439. The first-order valence-electron chi connectivity index (χ1n) is 3.12. The molecule has 0 bridgehead atoms. The molecule has 0 rings (SSSR count). The molecule has 0 aliphatic carbocycles. The van der Waals surface area contributed by atoms with Crippen molar-refractivity contribution >= 4 is 0 Å². The van der Waals surface area contributed by atoms with Gasteiger partial charge in [0.15, 0.2) is 0 Å². The van der Waals surface area contributed by atoms with Gasteiger partial charge in [-0.25, -0.2) is 0 Å². The molecule has 0 aliphatic heterocycles. The minimum absolute atomic E-state index is 0.439. The molecule has 0 aromatic heterocycles. The van der Waals surface area contributed by atoms with Crippen LogP contribution >= 0.6 is 0 Å². The van der Waals surface area contributed by atoms with Crippen molar-refractivity contribution in [3.05, 3.63) is 23.9 Å². The van der Waals surface area contributed by atoms with E-state index in [1.165, 1.54) is 0 Å². The predicted octanol–water partition coefficient (Wildman–Crippen LogP) is 0.754. The largest absolute Gasteiger partial charge is 0.401 e. The lowest BCUT2D eigenvalue weighted by atomic mass is 10.3. The van der Waals surface area contributed by atoms with Crippen LogP contribution in [-0.2, 0) is 0 Å². The molecule has 0 amide bonds. The zero-order chi connectivity index (χ0) is 7.11. The normalized spacial score (nSPS) is 12.9. The van der Waals surface area contributed by atoms with Crippen LogP contribution in [0.5, 0.6) is 0 Å². The van der Waals surface area contributed by atoms with Gasteiger partial charge in [0.05, 0.1) is 0 Å². The van der Waals surface area contributed by atoms with Crippen molar-refractivity contribution in [2.45, 2.75) is 13.3 Å². The van der Waals surface area contributed by atoms with Gasteiger partial charge in [0.25, 0.3) is 0 Å². The van der Waals surface area contributed by atoms with Gasteiger partial charge in [-0.1, -0.05) is 19.1 Å². The Balaban J connectivity index is 3.55. The molecule has 0 saturated carbocycles. The van der Waals surface area contributed by atoms with E-state index in [9.17, 15) is 0 Å². The Morgan fingerprint density at radius 1 is 1.56 bits per heavy atom. The summed E-state index contributed by atoms with van der Waals surface area (Å²) in [6, 6.07) is 0. The molecule has 0 aromatic rings. The Morgan fingerprint density at radius 2 is 2.22 bits per heavy atom. The molecular weight excluding hydrogens is 112 g/mol. The highest BCUT2D eigenvalue weighted by Gasteiger charge is 1.76. The van der Waals surface area contributed by atoms with Gasteiger partial charge >= 0.3 is 0 Å². The van der Waals surface area contributed by atoms with Gasteiger partial charge < -0.3 is 11.5 Å². The molecule has 2 heteroatoms. The molecule has 0 heterocycles. The van der Waals surface area contributed by atoms with Gasteiger partial charge in [-0.05, 0) is 12.5 Å². The van der Waals surface area contributed by atoms with Crippen molar-refractivity contribution < 1.29 is 0 Å². The summed E-state index contributed by atoms with van der Waals surface area (Å²) in [6.45, 7) is 2.51. The van der Waals surface area contributed by atoms with Crippen molar-refractivity contribution in [2.75, 3.05) is 6.54 Å². The van der Waals surface area contributed by atoms with E-state index in [-0.39, 0.29) is 0 Å². The Bertz CT molecular complexity index is 114. The third-order valence-electron chi connectivity index (χ3n) is 0.918. The molecule has 2 nitrogen and oxygen atoms in total. The van der Waals surface area contributed by atoms with Crippen LogP contribution in [0.2, 0.25) is 0 Å². The zero-order valence-corrected chi connectivity index (χ0v) is 5.80. The lowest BCUT2D eigenvalue weighted by Gasteiger charge is -1.89. The summed E-state index contributed by atoms with van der Waals surface area (Å²) in [5.74, 6) is 0. The van der Waals surface area contributed by atoms with E-state index in [0.717, 1.165) is 12.1 Å². The van der Waals surface area contributed by atoms with Crippen LogP contribution < -0.4 is 11.5 Å². The maximum Gasteiger partial charge on any atom is 0.0326 e. The average Bonchev–Trinajstić information content (AvgIpc) is 1.89. The Labute approximate surface area is 56.2 Å². The van der Waals surface area contributed by atoms with Crippen LogP contribution in [0, 0.1) is 0 Å². The van der Waals surface area contributed by atoms with Crippen LogP contribution in [0.4, 0.5) is 0 Å².